The van der Waals surface area contributed by atoms with E-state index in [-0.39, 0.29) is 23.0 Å². The number of hydrogen-bond donors (Lipinski definition) is 3. The first-order valence-corrected chi connectivity index (χ1v) is 7.92. The van der Waals surface area contributed by atoms with Crippen LogP contribution in [0.15, 0.2) is 42.6 Å². The fourth-order valence-corrected chi connectivity index (χ4v) is 3.43. The monoisotopic (exact) mass is 336 g/mol. The van der Waals surface area contributed by atoms with E-state index < -0.39 is 5.97 Å². The van der Waals surface area contributed by atoms with Crippen molar-refractivity contribution in [3.8, 4) is 5.75 Å². The molecule has 1 atom stereocenters. The van der Waals surface area contributed by atoms with Crippen molar-refractivity contribution >= 4 is 22.8 Å². The van der Waals surface area contributed by atoms with Crippen LogP contribution < -0.4 is 10.1 Å². The number of hydrogen-bond acceptors (Lipinski definition) is 3. The zero-order chi connectivity index (χ0) is 17.6. The van der Waals surface area contributed by atoms with Crippen molar-refractivity contribution in [2.75, 3.05) is 13.7 Å². The predicted octanol–water partition coefficient (Wildman–Crippen LogP) is 2.75. The number of ether oxygens (including phenoxy) is 1. The van der Waals surface area contributed by atoms with E-state index in [2.05, 4.69) is 10.3 Å². The van der Waals surface area contributed by atoms with Gasteiger partial charge in [0.05, 0.1) is 17.7 Å². The average Bonchev–Trinajstić information content (AvgIpc) is 3.26. The smallest absolute Gasteiger partial charge is 0.335 e. The van der Waals surface area contributed by atoms with Crippen molar-refractivity contribution in [1.82, 2.24) is 10.3 Å². The summed E-state index contributed by atoms with van der Waals surface area (Å²) >= 11 is 0. The molecule has 1 aromatic heterocycles. The number of carbonyl (C=O) groups is 2. The molecule has 0 aliphatic carbocycles. The molecule has 0 saturated carbocycles. The SMILES string of the molecule is CNC(=O)c1cc(C(=O)O)cc2c1OCC2c1cccc2[nH]ccc12. The van der Waals surface area contributed by atoms with Gasteiger partial charge in [-0.25, -0.2) is 4.79 Å². The first-order chi connectivity index (χ1) is 12.1. The van der Waals surface area contributed by atoms with E-state index in [0.717, 1.165) is 22.0 Å². The van der Waals surface area contributed by atoms with E-state index in [1.165, 1.54) is 13.1 Å². The normalized spacial score (nSPS) is 15.6. The van der Waals surface area contributed by atoms with E-state index >= 15 is 0 Å². The van der Waals surface area contributed by atoms with Gasteiger partial charge >= 0.3 is 5.97 Å². The fourth-order valence-electron chi connectivity index (χ4n) is 3.43. The van der Waals surface area contributed by atoms with E-state index in [0.29, 0.717) is 12.4 Å². The van der Waals surface area contributed by atoms with Crippen LogP contribution in [0.5, 0.6) is 5.75 Å². The second kappa shape index (κ2) is 5.66. The Hall–Kier alpha value is -3.28. The largest absolute Gasteiger partial charge is 0.491 e. The molecule has 0 radical (unpaired) electrons. The van der Waals surface area contributed by atoms with Gasteiger partial charge in [0.25, 0.3) is 5.91 Å². The third-order valence-corrected chi connectivity index (χ3v) is 4.61. The van der Waals surface area contributed by atoms with Gasteiger partial charge in [-0.15, -0.1) is 0 Å². The number of rotatable bonds is 3. The Bertz CT molecular complexity index is 1010. The van der Waals surface area contributed by atoms with Crippen LogP contribution in [0.1, 0.15) is 37.8 Å². The number of benzene rings is 2. The van der Waals surface area contributed by atoms with Crippen LogP contribution in [0.4, 0.5) is 0 Å². The quantitative estimate of drug-likeness (QED) is 0.686. The zero-order valence-corrected chi connectivity index (χ0v) is 13.5. The summed E-state index contributed by atoms with van der Waals surface area (Å²) in [6.07, 6.45) is 1.87. The van der Waals surface area contributed by atoms with Gasteiger partial charge in [0, 0.05) is 35.6 Å². The van der Waals surface area contributed by atoms with Crippen molar-refractivity contribution in [2.45, 2.75) is 5.92 Å². The lowest BCUT2D eigenvalue weighted by Gasteiger charge is -2.12. The number of carboxylic acid groups (broad SMARTS) is 1. The Labute approximate surface area is 143 Å². The van der Waals surface area contributed by atoms with Crippen molar-refractivity contribution in [3.63, 3.8) is 0 Å². The Balaban J connectivity index is 1.92. The van der Waals surface area contributed by atoms with Gasteiger partial charge in [-0.05, 0) is 29.8 Å². The number of aromatic carboxylic acids is 1. The molecule has 1 aliphatic heterocycles. The fraction of sp³-hybridized carbons (Fsp3) is 0.158. The van der Waals surface area contributed by atoms with Crippen LogP contribution in [0.3, 0.4) is 0 Å². The Morgan fingerprint density at radius 2 is 2.08 bits per heavy atom. The minimum absolute atomic E-state index is 0.0779. The highest BCUT2D eigenvalue weighted by molar-refractivity contribution is 6.01. The highest BCUT2D eigenvalue weighted by Crippen LogP contribution is 2.43. The van der Waals surface area contributed by atoms with Gasteiger partial charge in [-0.3, -0.25) is 4.79 Å². The molecule has 0 saturated heterocycles. The maximum absolute atomic E-state index is 12.2. The number of carbonyl (C=O) groups excluding carboxylic acids is 1. The summed E-state index contributed by atoms with van der Waals surface area (Å²) in [5, 5.41) is 13.0. The highest BCUT2D eigenvalue weighted by Gasteiger charge is 2.32. The van der Waals surface area contributed by atoms with Crippen LogP contribution >= 0.6 is 0 Å². The lowest BCUT2D eigenvalue weighted by atomic mass is 9.88. The molecule has 6 nitrogen and oxygen atoms in total. The molecule has 2 heterocycles. The highest BCUT2D eigenvalue weighted by atomic mass is 16.5. The molecular formula is C19H16N2O4. The summed E-state index contributed by atoms with van der Waals surface area (Å²) < 4.78 is 5.82. The van der Waals surface area contributed by atoms with Crippen molar-refractivity contribution in [2.24, 2.45) is 0 Å². The number of amides is 1. The van der Waals surface area contributed by atoms with E-state index in [4.69, 9.17) is 4.74 Å². The van der Waals surface area contributed by atoms with Crippen LogP contribution in [0.25, 0.3) is 10.9 Å². The van der Waals surface area contributed by atoms with Crippen molar-refractivity contribution in [1.29, 1.82) is 0 Å². The van der Waals surface area contributed by atoms with Gasteiger partial charge in [0.15, 0.2) is 0 Å². The molecule has 0 spiro atoms. The number of nitrogens with one attached hydrogen (secondary N) is 2. The van der Waals surface area contributed by atoms with Crippen LogP contribution in [0, 0.1) is 0 Å². The molecule has 0 bridgehead atoms. The predicted molar refractivity (Wildman–Crippen MR) is 92.4 cm³/mol. The summed E-state index contributed by atoms with van der Waals surface area (Å²) in [5.41, 5.74) is 3.11. The lowest BCUT2D eigenvalue weighted by Crippen LogP contribution is -2.19. The van der Waals surface area contributed by atoms with E-state index in [1.807, 2.05) is 30.5 Å². The number of carboxylic acids is 1. The van der Waals surface area contributed by atoms with Gasteiger partial charge in [0.1, 0.15) is 5.75 Å². The molecule has 3 N–H and O–H groups in total. The van der Waals surface area contributed by atoms with Crippen molar-refractivity contribution < 1.29 is 19.4 Å². The molecule has 1 amide bonds. The maximum Gasteiger partial charge on any atom is 0.335 e. The van der Waals surface area contributed by atoms with Crippen LogP contribution in [-0.4, -0.2) is 35.6 Å². The Morgan fingerprint density at radius 3 is 2.84 bits per heavy atom. The summed E-state index contributed by atoms with van der Waals surface area (Å²) in [6, 6.07) is 10.9. The molecule has 25 heavy (non-hydrogen) atoms. The minimum Gasteiger partial charge on any atom is -0.491 e. The van der Waals surface area contributed by atoms with Crippen LogP contribution in [0.2, 0.25) is 0 Å². The third-order valence-electron chi connectivity index (χ3n) is 4.61. The Morgan fingerprint density at radius 1 is 1.24 bits per heavy atom. The molecule has 3 aromatic rings. The molecule has 6 heteroatoms. The van der Waals surface area contributed by atoms with Crippen molar-refractivity contribution in [3.05, 3.63) is 64.8 Å². The average molecular weight is 336 g/mol. The second-order valence-corrected chi connectivity index (χ2v) is 5.98. The summed E-state index contributed by atoms with van der Waals surface area (Å²) in [6.45, 7) is 0.368. The second-order valence-electron chi connectivity index (χ2n) is 5.98. The van der Waals surface area contributed by atoms with E-state index in [1.54, 1.807) is 6.07 Å². The number of H-pyrrole nitrogens is 1. The molecule has 4 rings (SSSR count). The third kappa shape index (κ3) is 2.34. The molecule has 0 fully saturated rings. The summed E-state index contributed by atoms with van der Waals surface area (Å²) in [4.78, 5) is 26.9. The van der Waals surface area contributed by atoms with Gasteiger partial charge < -0.3 is 20.1 Å². The van der Waals surface area contributed by atoms with Gasteiger partial charge in [-0.1, -0.05) is 12.1 Å². The van der Waals surface area contributed by atoms with Gasteiger partial charge in [0.2, 0.25) is 0 Å². The lowest BCUT2D eigenvalue weighted by molar-refractivity contribution is 0.0696. The molecule has 1 aliphatic rings. The first-order valence-electron chi connectivity index (χ1n) is 7.92. The van der Waals surface area contributed by atoms with E-state index in [9.17, 15) is 14.7 Å². The molecule has 126 valence electrons. The standard InChI is InChI=1S/C19H16N2O4/c1-20-18(22)14-8-10(19(23)24)7-13-15(9-25-17(13)14)11-3-2-4-16-12(11)5-6-21-16/h2-8,15,21H,9H2,1H3,(H,20,22)(H,23,24). The topological polar surface area (TPSA) is 91.4 Å². The maximum atomic E-state index is 12.2. The number of aromatic amines is 1. The molecular weight excluding hydrogens is 320 g/mol. The minimum atomic E-state index is -1.07. The summed E-state index contributed by atoms with van der Waals surface area (Å²) in [7, 11) is 1.51. The molecule has 2 aromatic carbocycles. The number of fused-ring (bicyclic) bond motifs is 2. The van der Waals surface area contributed by atoms with Gasteiger partial charge in [-0.2, -0.15) is 0 Å². The van der Waals surface area contributed by atoms with Crippen LogP contribution in [-0.2, 0) is 0 Å². The first kappa shape index (κ1) is 15.3. The number of aromatic nitrogens is 1. The zero-order valence-electron chi connectivity index (χ0n) is 13.5. The summed E-state index contributed by atoms with van der Waals surface area (Å²) in [5.74, 6) is -1.10. The Kier molecular flexibility index (Phi) is 3.46. The molecule has 1 unspecified atom stereocenters.